The Bertz CT molecular complexity index is 253. The lowest BCUT2D eigenvalue weighted by Gasteiger charge is -2.00. The van der Waals surface area contributed by atoms with Crippen molar-refractivity contribution in [3.8, 4) is 0 Å². The summed E-state index contributed by atoms with van der Waals surface area (Å²) in [7, 11) is 0. The van der Waals surface area contributed by atoms with Crippen molar-refractivity contribution >= 4 is 0 Å². The van der Waals surface area contributed by atoms with E-state index >= 15 is 0 Å². The molecule has 0 saturated heterocycles. The second-order valence-electron chi connectivity index (χ2n) is 3.21. The van der Waals surface area contributed by atoms with Crippen LogP contribution < -0.4 is 17.0 Å². The lowest BCUT2D eigenvalue weighted by Crippen LogP contribution is -3.00. The standard InChI is InChI=1S/C11H18NO.ClH/c1-2-3-6-11-7-4-5-8-12(11)9-10-13;/h4-5,7-8,13H,2-3,6,9-10H2,1H3;1H/q+1;/p-1. The van der Waals surface area contributed by atoms with E-state index < -0.39 is 0 Å². The Morgan fingerprint density at radius 3 is 2.79 bits per heavy atom. The van der Waals surface area contributed by atoms with Crippen molar-refractivity contribution in [1.29, 1.82) is 0 Å². The van der Waals surface area contributed by atoms with Crippen LogP contribution in [-0.2, 0) is 13.0 Å². The van der Waals surface area contributed by atoms with Crippen LogP contribution in [0.15, 0.2) is 24.4 Å². The zero-order chi connectivity index (χ0) is 9.52. The highest BCUT2D eigenvalue weighted by molar-refractivity contribution is 4.97. The third-order valence-corrected chi connectivity index (χ3v) is 2.16. The molecule has 0 radical (unpaired) electrons. The molecule has 0 bridgehead atoms. The highest BCUT2D eigenvalue weighted by Crippen LogP contribution is 1.98. The summed E-state index contributed by atoms with van der Waals surface area (Å²) in [5, 5.41) is 8.85. The first-order valence-corrected chi connectivity index (χ1v) is 4.96. The molecule has 0 aliphatic carbocycles. The van der Waals surface area contributed by atoms with E-state index in [4.69, 9.17) is 5.11 Å². The Morgan fingerprint density at radius 1 is 1.36 bits per heavy atom. The summed E-state index contributed by atoms with van der Waals surface area (Å²) in [6.45, 7) is 3.12. The minimum absolute atomic E-state index is 0. The largest absolute Gasteiger partial charge is 1.00 e. The smallest absolute Gasteiger partial charge is 0.181 e. The van der Waals surface area contributed by atoms with Crippen molar-refractivity contribution < 1.29 is 22.1 Å². The third-order valence-electron chi connectivity index (χ3n) is 2.16. The van der Waals surface area contributed by atoms with Gasteiger partial charge in [-0.2, -0.15) is 0 Å². The predicted octanol–water partition coefficient (Wildman–Crippen LogP) is -1.69. The number of hydrogen-bond donors (Lipinski definition) is 1. The number of aromatic nitrogens is 1. The van der Waals surface area contributed by atoms with Crippen molar-refractivity contribution in [3.05, 3.63) is 30.1 Å². The molecular weight excluding hydrogens is 198 g/mol. The predicted molar refractivity (Wildman–Crippen MR) is 52.3 cm³/mol. The number of aliphatic hydroxyl groups excluding tert-OH is 1. The number of aliphatic hydroxyl groups is 1. The van der Waals surface area contributed by atoms with E-state index in [9.17, 15) is 0 Å². The molecule has 1 aromatic rings. The monoisotopic (exact) mass is 215 g/mol. The van der Waals surface area contributed by atoms with Crippen LogP contribution in [0.2, 0.25) is 0 Å². The summed E-state index contributed by atoms with van der Waals surface area (Å²) >= 11 is 0. The number of nitrogens with zero attached hydrogens (tertiary/aromatic N) is 1. The fourth-order valence-corrected chi connectivity index (χ4v) is 1.42. The van der Waals surface area contributed by atoms with Crippen LogP contribution >= 0.6 is 0 Å². The van der Waals surface area contributed by atoms with Gasteiger partial charge in [0, 0.05) is 18.6 Å². The van der Waals surface area contributed by atoms with E-state index in [0.717, 1.165) is 6.42 Å². The average Bonchev–Trinajstić information content (AvgIpc) is 2.17. The zero-order valence-electron chi connectivity index (χ0n) is 8.62. The maximum Gasteiger partial charge on any atom is 0.181 e. The van der Waals surface area contributed by atoms with E-state index in [1.54, 1.807) is 0 Å². The van der Waals surface area contributed by atoms with Gasteiger partial charge in [-0.15, -0.1) is 0 Å². The van der Waals surface area contributed by atoms with Crippen LogP contribution in [0.1, 0.15) is 25.5 Å². The molecule has 14 heavy (non-hydrogen) atoms. The summed E-state index contributed by atoms with van der Waals surface area (Å²) < 4.78 is 2.12. The fraction of sp³-hybridized carbons (Fsp3) is 0.545. The zero-order valence-corrected chi connectivity index (χ0v) is 9.37. The van der Waals surface area contributed by atoms with Crippen LogP contribution in [0.25, 0.3) is 0 Å². The summed E-state index contributed by atoms with van der Waals surface area (Å²) in [5.74, 6) is 0. The lowest BCUT2D eigenvalue weighted by molar-refractivity contribution is -0.705. The number of aryl methyl sites for hydroxylation is 1. The van der Waals surface area contributed by atoms with Crippen LogP contribution in [0.5, 0.6) is 0 Å². The molecule has 0 unspecified atom stereocenters. The minimum atomic E-state index is 0. The molecule has 2 nitrogen and oxygen atoms in total. The Hall–Kier alpha value is -0.600. The molecule has 1 heterocycles. The van der Waals surface area contributed by atoms with Gasteiger partial charge in [0.2, 0.25) is 0 Å². The van der Waals surface area contributed by atoms with E-state index in [-0.39, 0.29) is 19.0 Å². The van der Waals surface area contributed by atoms with Gasteiger partial charge < -0.3 is 17.5 Å². The SMILES string of the molecule is CCCCc1cccc[n+]1CCO.[Cl-]. The quantitative estimate of drug-likeness (QED) is 0.583. The van der Waals surface area contributed by atoms with Gasteiger partial charge in [0.15, 0.2) is 18.4 Å². The Morgan fingerprint density at radius 2 is 2.14 bits per heavy atom. The van der Waals surface area contributed by atoms with Crippen LogP contribution in [-0.4, -0.2) is 11.7 Å². The molecule has 0 aliphatic heterocycles. The second-order valence-corrected chi connectivity index (χ2v) is 3.21. The molecule has 0 aromatic carbocycles. The van der Waals surface area contributed by atoms with Gasteiger partial charge in [-0.3, -0.25) is 0 Å². The normalized spacial score (nSPS) is 9.57. The highest BCUT2D eigenvalue weighted by atomic mass is 35.5. The minimum Gasteiger partial charge on any atom is -1.00 e. The molecule has 1 rings (SSSR count). The van der Waals surface area contributed by atoms with Crippen LogP contribution in [0.4, 0.5) is 0 Å². The summed E-state index contributed by atoms with van der Waals surface area (Å²) in [6.07, 6.45) is 5.57. The average molecular weight is 216 g/mol. The van der Waals surface area contributed by atoms with Crippen molar-refractivity contribution in [3.63, 3.8) is 0 Å². The molecule has 0 atom stereocenters. The number of halogens is 1. The number of hydrogen-bond acceptors (Lipinski definition) is 1. The van der Waals surface area contributed by atoms with E-state index in [1.807, 2.05) is 12.3 Å². The Labute approximate surface area is 92.0 Å². The molecule has 0 saturated carbocycles. The van der Waals surface area contributed by atoms with Crippen molar-refractivity contribution in [1.82, 2.24) is 0 Å². The first kappa shape index (κ1) is 13.4. The maximum atomic E-state index is 8.85. The van der Waals surface area contributed by atoms with E-state index in [1.165, 1.54) is 18.5 Å². The van der Waals surface area contributed by atoms with E-state index in [0.29, 0.717) is 6.54 Å². The molecule has 80 valence electrons. The van der Waals surface area contributed by atoms with Crippen LogP contribution in [0.3, 0.4) is 0 Å². The van der Waals surface area contributed by atoms with Crippen molar-refractivity contribution in [2.24, 2.45) is 0 Å². The first-order chi connectivity index (χ1) is 6.38. The molecule has 1 aromatic heterocycles. The fourth-order valence-electron chi connectivity index (χ4n) is 1.42. The third kappa shape index (κ3) is 4.07. The highest BCUT2D eigenvalue weighted by Gasteiger charge is 2.06. The number of rotatable bonds is 5. The molecule has 1 N–H and O–H groups in total. The molecule has 0 fully saturated rings. The van der Waals surface area contributed by atoms with Gasteiger partial charge in [-0.25, -0.2) is 4.57 Å². The topological polar surface area (TPSA) is 24.1 Å². The Kier molecular flexibility index (Phi) is 7.44. The summed E-state index contributed by atoms with van der Waals surface area (Å²) in [5.41, 5.74) is 1.32. The molecule has 3 heteroatoms. The Balaban J connectivity index is 0.00000169. The molecule has 0 spiro atoms. The molecule has 0 amide bonds. The number of unbranched alkanes of at least 4 members (excludes halogenated alkanes) is 1. The van der Waals surface area contributed by atoms with Gasteiger partial charge >= 0.3 is 0 Å². The van der Waals surface area contributed by atoms with Crippen molar-refractivity contribution in [2.75, 3.05) is 6.61 Å². The van der Waals surface area contributed by atoms with E-state index in [2.05, 4.69) is 23.6 Å². The first-order valence-electron chi connectivity index (χ1n) is 4.96. The summed E-state index contributed by atoms with van der Waals surface area (Å²) in [6, 6.07) is 6.19. The lowest BCUT2D eigenvalue weighted by atomic mass is 10.2. The van der Waals surface area contributed by atoms with Gasteiger partial charge in [0.05, 0.1) is 0 Å². The van der Waals surface area contributed by atoms with Crippen LogP contribution in [0, 0.1) is 0 Å². The maximum absolute atomic E-state index is 8.85. The van der Waals surface area contributed by atoms with Gasteiger partial charge in [0.1, 0.15) is 6.61 Å². The van der Waals surface area contributed by atoms with Gasteiger partial charge in [-0.1, -0.05) is 19.4 Å². The van der Waals surface area contributed by atoms with Gasteiger partial charge in [-0.05, 0) is 6.42 Å². The molecule has 0 aliphatic rings. The molecular formula is C11H18ClNO. The van der Waals surface area contributed by atoms with Gasteiger partial charge in [0.25, 0.3) is 0 Å². The second kappa shape index (κ2) is 7.77. The number of pyridine rings is 1. The summed E-state index contributed by atoms with van der Waals surface area (Å²) in [4.78, 5) is 0. The van der Waals surface area contributed by atoms with Crippen molar-refractivity contribution in [2.45, 2.75) is 32.7 Å².